The summed E-state index contributed by atoms with van der Waals surface area (Å²) in [6.45, 7) is 2.68. The molecule has 1 heterocycles. The van der Waals surface area contributed by atoms with Crippen molar-refractivity contribution in [2.45, 2.75) is 38.3 Å². The molecule has 4 nitrogen and oxygen atoms in total. The molecule has 1 amide bonds. The van der Waals surface area contributed by atoms with Crippen LogP contribution in [0.1, 0.15) is 37.7 Å². The molecule has 0 spiro atoms. The number of nitrogens with zero attached hydrogens (tertiary/aromatic N) is 1. The number of ether oxygens (including phenoxy) is 1. The van der Waals surface area contributed by atoms with Crippen molar-refractivity contribution < 1.29 is 14.3 Å². The standard InChI is InChI=1S/C22H23NO3/c1-2-3-10-15-26-22-20(17-11-6-4-7-12-17)19(16-24)21(25)23(22)18-13-8-5-9-14-18/h4-9,11-14,20,22H,2-3,10,15H2,1H3. The summed E-state index contributed by atoms with van der Waals surface area (Å²) in [7, 11) is 0. The third-order valence-corrected chi connectivity index (χ3v) is 4.64. The minimum absolute atomic E-state index is 0.126. The summed E-state index contributed by atoms with van der Waals surface area (Å²) in [6.07, 6.45) is 2.54. The van der Waals surface area contributed by atoms with Crippen LogP contribution < -0.4 is 4.90 Å². The highest BCUT2D eigenvalue weighted by Gasteiger charge is 2.47. The van der Waals surface area contributed by atoms with Crippen molar-refractivity contribution in [2.24, 2.45) is 0 Å². The van der Waals surface area contributed by atoms with Gasteiger partial charge in [-0.15, -0.1) is 0 Å². The Kier molecular flexibility index (Phi) is 6.00. The molecule has 1 aliphatic rings. The van der Waals surface area contributed by atoms with Crippen molar-refractivity contribution in [3.8, 4) is 0 Å². The van der Waals surface area contributed by atoms with E-state index in [1.165, 1.54) is 0 Å². The molecule has 0 aromatic heterocycles. The van der Waals surface area contributed by atoms with Crippen molar-refractivity contribution in [3.05, 3.63) is 71.8 Å². The fraction of sp³-hybridized carbons (Fsp3) is 0.318. The summed E-state index contributed by atoms with van der Waals surface area (Å²) in [5, 5.41) is 0. The van der Waals surface area contributed by atoms with Crippen LogP contribution in [-0.2, 0) is 14.3 Å². The maximum atomic E-state index is 13.0. The van der Waals surface area contributed by atoms with Gasteiger partial charge >= 0.3 is 0 Å². The Labute approximate surface area is 154 Å². The van der Waals surface area contributed by atoms with Gasteiger partial charge < -0.3 is 4.74 Å². The topological polar surface area (TPSA) is 46.6 Å². The smallest absolute Gasteiger partial charge is 0.268 e. The first kappa shape index (κ1) is 18.1. The van der Waals surface area contributed by atoms with Gasteiger partial charge in [0.25, 0.3) is 5.91 Å². The zero-order valence-corrected chi connectivity index (χ0v) is 14.9. The lowest BCUT2D eigenvalue weighted by atomic mass is 9.93. The van der Waals surface area contributed by atoms with E-state index in [0.29, 0.717) is 6.61 Å². The molecule has 1 saturated heterocycles. The quantitative estimate of drug-likeness (QED) is 0.429. The van der Waals surface area contributed by atoms with Crippen LogP contribution in [0.15, 0.2) is 66.2 Å². The molecule has 2 unspecified atom stereocenters. The first-order chi connectivity index (χ1) is 12.8. The van der Waals surface area contributed by atoms with Gasteiger partial charge in [0.05, 0.1) is 5.92 Å². The molecule has 0 aliphatic carbocycles. The van der Waals surface area contributed by atoms with E-state index in [1.54, 1.807) is 4.90 Å². The number of rotatable bonds is 7. The molecule has 0 radical (unpaired) electrons. The second-order valence-corrected chi connectivity index (χ2v) is 6.38. The second kappa shape index (κ2) is 8.61. The Morgan fingerprint density at radius 3 is 2.27 bits per heavy atom. The van der Waals surface area contributed by atoms with Crippen LogP contribution in [0.3, 0.4) is 0 Å². The maximum absolute atomic E-state index is 13.0. The Morgan fingerprint density at radius 2 is 1.65 bits per heavy atom. The van der Waals surface area contributed by atoms with Crippen LogP contribution in [0.5, 0.6) is 0 Å². The second-order valence-electron chi connectivity index (χ2n) is 6.38. The Hall–Kier alpha value is -2.68. The lowest BCUT2D eigenvalue weighted by molar-refractivity contribution is -0.115. The zero-order chi connectivity index (χ0) is 18.4. The molecule has 4 heteroatoms. The molecule has 1 aliphatic heterocycles. The molecule has 0 bridgehead atoms. The van der Waals surface area contributed by atoms with Crippen LogP contribution >= 0.6 is 0 Å². The van der Waals surface area contributed by atoms with Crippen LogP contribution in [0.25, 0.3) is 0 Å². The molecule has 3 rings (SSSR count). The van der Waals surface area contributed by atoms with Gasteiger partial charge in [0, 0.05) is 12.3 Å². The molecule has 2 aromatic rings. The van der Waals surface area contributed by atoms with Crippen molar-refractivity contribution in [1.29, 1.82) is 0 Å². The van der Waals surface area contributed by atoms with Crippen LogP contribution in [0.4, 0.5) is 5.69 Å². The van der Waals surface area contributed by atoms with Gasteiger partial charge in [0.2, 0.25) is 0 Å². The minimum Gasteiger partial charge on any atom is -0.357 e. The highest BCUT2D eigenvalue weighted by molar-refractivity contribution is 6.14. The fourth-order valence-corrected chi connectivity index (χ4v) is 3.35. The third kappa shape index (κ3) is 3.62. The minimum atomic E-state index is -0.541. The Bertz CT molecular complexity index is 782. The van der Waals surface area contributed by atoms with E-state index in [2.05, 4.69) is 6.92 Å². The van der Waals surface area contributed by atoms with Crippen LogP contribution in [0.2, 0.25) is 0 Å². The molecule has 0 N–H and O–H groups in total. The molecule has 0 saturated carbocycles. The van der Waals surface area contributed by atoms with Gasteiger partial charge in [0.1, 0.15) is 17.7 Å². The van der Waals surface area contributed by atoms with Crippen molar-refractivity contribution in [2.75, 3.05) is 11.5 Å². The van der Waals surface area contributed by atoms with Crippen molar-refractivity contribution >= 4 is 17.5 Å². The predicted octanol–water partition coefficient (Wildman–Crippen LogP) is 4.11. The molecule has 134 valence electrons. The largest absolute Gasteiger partial charge is 0.357 e. The molecular formula is C22H23NO3. The lowest BCUT2D eigenvalue weighted by Crippen LogP contribution is -2.37. The van der Waals surface area contributed by atoms with Gasteiger partial charge in [0.15, 0.2) is 0 Å². The number of amides is 1. The summed E-state index contributed by atoms with van der Waals surface area (Å²) in [5.41, 5.74) is 1.74. The summed E-state index contributed by atoms with van der Waals surface area (Å²) in [5.74, 6) is 1.11. The van der Waals surface area contributed by atoms with Crippen molar-refractivity contribution in [1.82, 2.24) is 0 Å². The van der Waals surface area contributed by atoms with E-state index >= 15 is 0 Å². The van der Waals surface area contributed by atoms with Gasteiger partial charge in [-0.1, -0.05) is 68.3 Å². The average molecular weight is 349 g/mol. The number of carbonyl (C=O) groups excluding carboxylic acids is 2. The molecular weight excluding hydrogens is 326 g/mol. The number of hydrogen-bond acceptors (Lipinski definition) is 3. The van der Waals surface area contributed by atoms with Gasteiger partial charge in [-0.3, -0.25) is 9.69 Å². The average Bonchev–Trinajstić information content (AvgIpc) is 2.98. The lowest BCUT2D eigenvalue weighted by Gasteiger charge is -2.28. The molecule has 2 atom stereocenters. The summed E-state index contributed by atoms with van der Waals surface area (Å²) in [6, 6.07) is 18.9. The van der Waals surface area contributed by atoms with Crippen LogP contribution in [0, 0.1) is 0 Å². The summed E-state index contributed by atoms with van der Waals surface area (Å²) >= 11 is 0. The molecule has 26 heavy (non-hydrogen) atoms. The number of para-hydroxylation sites is 1. The number of anilines is 1. The van der Waals surface area contributed by atoms with E-state index < -0.39 is 12.1 Å². The monoisotopic (exact) mass is 349 g/mol. The van der Waals surface area contributed by atoms with E-state index in [1.807, 2.05) is 66.6 Å². The number of unbranched alkanes of at least 4 members (excludes halogenated alkanes) is 2. The van der Waals surface area contributed by atoms with Gasteiger partial charge in [-0.25, -0.2) is 4.79 Å². The van der Waals surface area contributed by atoms with E-state index in [-0.39, 0.29) is 11.5 Å². The fourth-order valence-electron chi connectivity index (χ4n) is 3.35. The van der Waals surface area contributed by atoms with Gasteiger partial charge in [-0.05, 0) is 24.1 Å². The number of hydrogen-bond donors (Lipinski definition) is 0. The number of benzene rings is 2. The molecule has 1 fully saturated rings. The Balaban J connectivity index is 1.99. The van der Waals surface area contributed by atoms with E-state index in [9.17, 15) is 9.59 Å². The summed E-state index contributed by atoms with van der Waals surface area (Å²) in [4.78, 5) is 26.2. The Morgan fingerprint density at radius 1 is 1.00 bits per heavy atom. The highest BCUT2D eigenvalue weighted by atomic mass is 16.5. The molecule has 2 aromatic carbocycles. The maximum Gasteiger partial charge on any atom is 0.268 e. The normalized spacial score (nSPS) is 19.7. The summed E-state index contributed by atoms with van der Waals surface area (Å²) < 4.78 is 6.15. The first-order valence-electron chi connectivity index (χ1n) is 9.08. The SMILES string of the molecule is CCCCCOC1C(c2ccccc2)C(=C=O)C(=O)N1c1ccccc1. The first-order valence-corrected chi connectivity index (χ1v) is 9.08. The highest BCUT2D eigenvalue weighted by Crippen LogP contribution is 2.40. The number of carbonyl (C=O) groups is 1. The third-order valence-electron chi connectivity index (χ3n) is 4.64. The van der Waals surface area contributed by atoms with E-state index in [0.717, 1.165) is 30.5 Å². The van der Waals surface area contributed by atoms with Gasteiger partial charge in [-0.2, -0.15) is 0 Å². The van der Waals surface area contributed by atoms with Crippen molar-refractivity contribution in [3.63, 3.8) is 0 Å². The zero-order valence-electron chi connectivity index (χ0n) is 14.9. The van der Waals surface area contributed by atoms with E-state index in [4.69, 9.17) is 4.74 Å². The predicted molar refractivity (Wildman–Crippen MR) is 102 cm³/mol. The van der Waals surface area contributed by atoms with Crippen LogP contribution in [-0.4, -0.2) is 24.7 Å².